The van der Waals surface area contributed by atoms with Crippen molar-refractivity contribution in [3.8, 4) is 0 Å². The molecule has 0 unspecified atom stereocenters. The molecule has 0 saturated carbocycles. The standard InChI is InChI=1S/C20H21F2N3OS.ClH/c1-3-24(4-2)12-13-25(19(26)14-8-10-15(21)11-9-14)20-23-18-16(22)6-5-7-17(18)27-20;/h5-11H,3-4,12-13H2,1-2H3;1H. The molecular weight excluding hydrogens is 404 g/mol. The van der Waals surface area contributed by atoms with Crippen molar-refractivity contribution in [1.29, 1.82) is 0 Å². The lowest BCUT2D eigenvalue weighted by atomic mass is 10.2. The molecule has 0 aliphatic heterocycles. The van der Waals surface area contributed by atoms with Crippen molar-refractivity contribution < 1.29 is 13.6 Å². The van der Waals surface area contributed by atoms with E-state index in [1.165, 1.54) is 41.7 Å². The van der Waals surface area contributed by atoms with Gasteiger partial charge < -0.3 is 4.90 Å². The Kier molecular flexibility index (Phi) is 7.86. The van der Waals surface area contributed by atoms with Gasteiger partial charge in [-0.3, -0.25) is 9.69 Å². The number of halogens is 3. The Morgan fingerprint density at radius 3 is 2.32 bits per heavy atom. The molecule has 0 radical (unpaired) electrons. The lowest BCUT2D eigenvalue weighted by molar-refractivity contribution is 0.0983. The van der Waals surface area contributed by atoms with Gasteiger partial charge in [0, 0.05) is 18.7 Å². The Morgan fingerprint density at radius 2 is 1.71 bits per heavy atom. The van der Waals surface area contributed by atoms with E-state index in [-0.39, 0.29) is 23.8 Å². The summed E-state index contributed by atoms with van der Waals surface area (Å²) >= 11 is 1.27. The summed E-state index contributed by atoms with van der Waals surface area (Å²) in [7, 11) is 0. The fraction of sp³-hybridized carbons (Fsp3) is 0.300. The first-order valence-electron chi connectivity index (χ1n) is 8.88. The van der Waals surface area contributed by atoms with E-state index in [1.807, 2.05) is 0 Å². The molecule has 0 bridgehead atoms. The van der Waals surface area contributed by atoms with Crippen molar-refractivity contribution in [3.05, 3.63) is 59.7 Å². The lowest BCUT2D eigenvalue weighted by Gasteiger charge is -2.24. The summed E-state index contributed by atoms with van der Waals surface area (Å²) in [5.41, 5.74) is 0.632. The van der Waals surface area contributed by atoms with Crippen molar-refractivity contribution in [1.82, 2.24) is 9.88 Å². The normalized spacial score (nSPS) is 10.9. The molecule has 0 N–H and O–H groups in total. The van der Waals surface area contributed by atoms with Gasteiger partial charge in [-0.1, -0.05) is 31.3 Å². The third-order valence-corrected chi connectivity index (χ3v) is 5.50. The van der Waals surface area contributed by atoms with Crippen LogP contribution in [0.15, 0.2) is 42.5 Å². The number of rotatable bonds is 7. The Hall–Kier alpha value is -2.09. The number of amides is 1. The minimum Gasteiger partial charge on any atom is -0.302 e. The van der Waals surface area contributed by atoms with Crippen LogP contribution in [0.5, 0.6) is 0 Å². The maximum atomic E-state index is 14.0. The third kappa shape index (κ3) is 4.84. The highest BCUT2D eigenvalue weighted by molar-refractivity contribution is 7.22. The average Bonchev–Trinajstić information content (AvgIpc) is 3.11. The zero-order valence-corrected chi connectivity index (χ0v) is 17.3. The summed E-state index contributed by atoms with van der Waals surface area (Å²) < 4.78 is 28.0. The number of likely N-dealkylation sites (N-methyl/N-ethyl adjacent to an activating group) is 1. The first-order valence-corrected chi connectivity index (χ1v) is 9.70. The number of aromatic nitrogens is 1. The van der Waals surface area contributed by atoms with E-state index in [2.05, 4.69) is 23.7 Å². The van der Waals surface area contributed by atoms with Crippen molar-refractivity contribution in [2.45, 2.75) is 13.8 Å². The van der Waals surface area contributed by atoms with Gasteiger partial charge in [-0.25, -0.2) is 13.8 Å². The fourth-order valence-corrected chi connectivity index (χ4v) is 3.84. The molecule has 0 fully saturated rings. The molecule has 28 heavy (non-hydrogen) atoms. The van der Waals surface area contributed by atoms with Crippen LogP contribution < -0.4 is 4.90 Å². The second-order valence-electron chi connectivity index (χ2n) is 6.07. The molecule has 2 aromatic carbocycles. The highest BCUT2D eigenvalue weighted by atomic mass is 35.5. The molecule has 1 amide bonds. The molecule has 3 aromatic rings. The van der Waals surface area contributed by atoms with Gasteiger partial charge in [-0.05, 0) is 49.5 Å². The van der Waals surface area contributed by atoms with Gasteiger partial charge >= 0.3 is 0 Å². The molecule has 0 saturated heterocycles. The number of hydrogen-bond acceptors (Lipinski definition) is 4. The molecular formula is C20H22ClF2N3OS. The average molecular weight is 426 g/mol. The van der Waals surface area contributed by atoms with Gasteiger partial charge in [0.2, 0.25) is 0 Å². The van der Waals surface area contributed by atoms with Crippen molar-refractivity contribution in [3.63, 3.8) is 0 Å². The summed E-state index contributed by atoms with van der Waals surface area (Å²) in [6, 6.07) is 10.2. The number of fused-ring (bicyclic) bond motifs is 1. The van der Waals surface area contributed by atoms with Crippen LogP contribution in [0, 0.1) is 11.6 Å². The van der Waals surface area contributed by atoms with Gasteiger partial charge in [-0.2, -0.15) is 0 Å². The molecule has 0 aliphatic carbocycles. The Balaban J connectivity index is 0.00000280. The van der Waals surface area contributed by atoms with Crippen molar-refractivity contribution in [2.75, 3.05) is 31.1 Å². The molecule has 1 aromatic heterocycles. The summed E-state index contributed by atoms with van der Waals surface area (Å²) in [4.78, 5) is 21.2. The largest absolute Gasteiger partial charge is 0.302 e. The predicted octanol–water partition coefficient (Wildman–Crippen LogP) is 4.98. The minimum absolute atomic E-state index is 0. The van der Waals surface area contributed by atoms with E-state index in [0.717, 1.165) is 13.1 Å². The van der Waals surface area contributed by atoms with Crippen LogP contribution in [-0.4, -0.2) is 42.0 Å². The van der Waals surface area contributed by atoms with Crippen LogP contribution in [0.3, 0.4) is 0 Å². The van der Waals surface area contributed by atoms with Crippen molar-refractivity contribution >= 4 is 45.0 Å². The van der Waals surface area contributed by atoms with Gasteiger partial charge in [0.25, 0.3) is 5.91 Å². The van der Waals surface area contributed by atoms with Gasteiger partial charge in [-0.15, -0.1) is 12.4 Å². The van der Waals surface area contributed by atoms with E-state index in [1.54, 1.807) is 17.0 Å². The summed E-state index contributed by atoms with van der Waals surface area (Å²) in [6.45, 7) is 6.93. The van der Waals surface area contributed by atoms with Gasteiger partial charge in [0.05, 0.1) is 4.70 Å². The Labute approximate surface area is 173 Å². The number of carbonyl (C=O) groups excluding carboxylic acids is 1. The first-order chi connectivity index (χ1) is 13.0. The van der Waals surface area contributed by atoms with Crippen LogP contribution in [0.2, 0.25) is 0 Å². The molecule has 8 heteroatoms. The predicted molar refractivity (Wildman–Crippen MR) is 113 cm³/mol. The van der Waals surface area contributed by atoms with E-state index >= 15 is 0 Å². The number of carbonyl (C=O) groups is 1. The number of anilines is 1. The molecule has 4 nitrogen and oxygen atoms in total. The second kappa shape index (κ2) is 9.91. The van der Waals surface area contributed by atoms with Crippen LogP contribution in [0.1, 0.15) is 24.2 Å². The maximum absolute atomic E-state index is 14.0. The zero-order valence-electron chi connectivity index (χ0n) is 15.7. The number of para-hydroxylation sites is 1. The summed E-state index contributed by atoms with van der Waals surface area (Å²) in [6.07, 6.45) is 0. The monoisotopic (exact) mass is 425 g/mol. The van der Waals surface area contributed by atoms with Crippen LogP contribution in [0.25, 0.3) is 10.2 Å². The highest BCUT2D eigenvalue weighted by Crippen LogP contribution is 2.31. The number of hydrogen-bond donors (Lipinski definition) is 0. The van der Waals surface area contributed by atoms with Crippen LogP contribution in [0.4, 0.5) is 13.9 Å². The van der Waals surface area contributed by atoms with Gasteiger partial charge in [0.15, 0.2) is 5.13 Å². The maximum Gasteiger partial charge on any atom is 0.260 e. The topological polar surface area (TPSA) is 36.4 Å². The quantitative estimate of drug-likeness (QED) is 0.535. The van der Waals surface area contributed by atoms with Crippen molar-refractivity contribution in [2.24, 2.45) is 0 Å². The fourth-order valence-electron chi connectivity index (χ4n) is 2.83. The summed E-state index contributed by atoms with van der Waals surface area (Å²) in [5, 5.41) is 0.441. The SMILES string of the molecule is CCN(CC)CCN(C(=O)c1ccc(F)cc1)c1nc2c(F)cccc2s1.Cl. The highest BCUT2D eigenvalue weighted by Gasteiger charge is 2.22. The number of benzene rings is 2. The Bertz CT molecular complexity index is 929. The van der Waals surface area contributed by atoms with Crippen LogP contribution >= 0.6 is 23.7 Å². The molecule has 0 aliphatic rings. The zero-order chi connectivity index (χ0) is 19.4. The van der Waals surface area contributed by atoms with E-state index in [0.29, 0.717) is 28.5 Å². The molecule has 150 valence electrons. The molecule has 0 spiro atoms. The number of thiazole rings is 1. The van der Waals surface area contributed by atoms with E-state index in [4.69, 9.17) is 0 Å². The van der Waals surface area contributed by atoms with Crippen LogP contribution in [-0.2, 0) is 0 Å². The molecule has 1 heterocycles. The first kappa shape index (κ1) is 22.2. The molecule has 3 rings (SSSR count). The smallest absolute Gasteiger partial charge is 0.260 e. The molecule has 0 atom stereocenters. The van der Waals surface area contributed by atoms with E-state index < -0.39 is 11.6 Å². The minimum atomic E-state index is -0.409. The Morgan fingerprint density at radius 1 is 1.04 bits per heavy atom. The number of nitrogens with zero attached hydrogens (tertiary/aromatic N) is 3. The second-order valence-corrected chi connectivity index (χ2v) is 7.08. The summed E-state index contributed by atoms with van der Waals surface area (Å²) in [5.74, 6) is -1.09. The third-order valence-electron chi connectivity index (χ3n) is 4.46. The van der Waals surface area contributed by atoms with E-state index in [9.17, 15) is 13.6 Å². The van der Waals surface area contributed by atoms with Gasteiger partial charge in [0.1, 0.15) is 17.2 Å². The lowest BCUT2D eigenvalue weighted by Crippen LogP contribution is -2.38.